The van der Waals surface area contributed by atoms with Crippen LogP contribution in [0.15, 0.2) is 35.7 Å². The Morgan fingerprint density at radius 3 is 2.46 bits per heavy atom. The summed E-state index contributed by atoms with van der Waals surface area (Å²) < 4.78 is 0. The maximum Gasteiger partial charge on any atom is 0.253 e. The third-order valence-electron chi connectivity index (χ3n) is 4.26. The van der Waals surface area contributed by atoms with Crippen LogP contribution in [-0.2, 0) is 4.79 Å². The molecule has 1 aliphatic heterocycles. The molecule has 1 fully saturated rings. The Labute approximate surface area is 172 Å². The molecule has 28 heavy (non-hydrogen) atoms. The second-order valence-corrected chi connectivity index (χ2v) is 8.47. The number of thiazole rings is 2. The summed E-state index contributed by atoms with van der Waals surface area (Å²) in [7, 11) is 1.88. The van der Waals surface area contributed by atoms with E-state index in [0.29, 0.717) is 18.7 Å². The predicted molar refractivity (Wildman–Crippen MR) is 114 cm³/mol. The molecule has 1 N–H and O–H groups in total. The number of anilines is 1. The Morgan fingerprint density at radius 1 is 1.21 bits per heavy atom. The van der Waals surface area contributed by atoms with Gasteiger partial charge in [0.25, 0.3) is 5.91 Å². The van der Waals surface area contributed by atoms with Gasteiger partial charge in [-0.25, -0.2) is 9.97 Å². The summed E-state index contributed by atoms with van der Waals surface area (Å²) >= 11 is 3.32. The van der Waals surface area contributed by atoms with Crippen LogP contribution in [0.25, 0.3) is 10.6 Å². The van der Waals surface area contributed by atoms with Crippen LogP contribution in [0.3, 0.4) is 0 Å². The quantitative estimate of drug-likeness (QED) is 0.656. The van der Waals surface area contributed by atoms with Gasteiger partial charge in [0.15, 0.2) is 5.13 Å². The molecule has 6 nitrogen and oxygen atoms in total. The summed E-state index contributed by atoms with van der Waals surface area (Å²) in [5.41, 5.74) is 2.79. The fraction of sp³-hybridized carbons (Fsp3) is 0.300. The zero-order valence-corrected chi connectivity index (χ0v) is 17.6. The van der Waals surface area contributed by atoms with Crippen LogP contribution >= 0.6 is 22.7 Å². The van der Waals surface area contributed by atoms with E-state index in [1.807, 2.05) is 39.1 Å². The number of aromatic nitrogens is 2. The molecule has 0 bridgehead atoms. The lowest BCUT2D eigenvalue weighted by molar-refractivity contribution is -0.114. The van der Waals surface area contributed by atoms with Gasteiger partial charge in [-0.15, -0.1) is 22.7 Å². The lowest BCUT2D eigenvalue weighted by Gasteiger charge is -2.36. The summed E-state index contributed by atoms with van der Waals surface area (Å²) in [5.74, 6) is 0.0614. The Balaban J connectivity index is 0.000000161. The van der Waals surface area contributed by atoms with Crippen molar-refractivity contribution in [3.8, 4) is 10.6 Å². The molecule has 0 unspecified atom stereocenters. The summed E-state index contributed by atoms with van der Waals surface area (Å²) in [6.07, 6.45) is 0.911. The highest BCUT2D eigenvalue weighted by Gasteiger charge is 2.30. The molecule has 0 spiro atoms. The molecule has 1 aliphatic rings. The van der Waals surface area contributed by atoms with E-state index in [4.69, 9.17) is 0 Å². The van der Waals surface area contributed by atoms with Gasteiger partial charge in [0, 0.05) is 37.0 Å². The minimum Gasteiger partial charge on any atom is -0.365 e. The number of nitrogens with one attached hydrogen (secondary N) is 1. The number of nitrogens with zero attached hydrogens (tertiary/aromatic N) is 3. The van der Waals surface area contributed by atoms with E-state index in [-0.39, 0.29) is 11.8 Å². The standard InChI is InChI=1S/C11H11NO2.C9H11N3S2/c13-8-9-6-12(7-9)11(14)10-4-2-1-3-5-10;1-5-8(14-6(2)11-5)7-4-13-9(10-3)12-7/h1-5,8-9H,6-7H2;4H,1-3H3,(H,10,12). The highest BCUT2D eigenvalue weighted by atomic mass is 32.1. The second-order valence-electron chi connectivity index (χ2n) is 6.41. The molecular weight excluding hydrogens is 392 g/mol. The van der Waals surface area contributed by atoms with Gasteiger partial charge in [-0.3, -0.25) is 4.79 Å². The Hall–Kier alpha value is -2.58. The minimum absolute atomic E-state index is 0.0173. The fourth-order valence-corrected chi connectivity index (χ4v) is 4.41. The third kappa shape index (κ3) is 4.63. The van der Waals surface area contributed by atoms with Crippen LogP contribution in [0.4, 0.5) is 5.13 Å². The first-order chi connectivity index (χ1) is 13.5. The fourth-order valence-electron chi connectivity index (χ4n) is 2.79. The number of benzene rings is 1. The summed E-state index contributed by atoms with van der Waals surface area (Å²) in [5, 5.41) is 7.14. The smallest absolute Gasteiger partial charge is 0.253 e. The van der Waals surface area contributed by atoms with E-state index in [2.05, 4.69) is 20.7 Å². The van der Waals surface area contributed by atoms with Crippen LogP contribution in [0.2, 0.25) is 0 Å². The lowest BCUT2D eigenvalue weighted by atomic mass is 10.0. The van der Waals surface area contributed by atoms with Crippen molar-refractivity contribution < 1.29 is 9.59 Å². The van der Waals surface area contributed by atoms with Gasteiger partial charge in [-0.05, 0) is 26.0 Å². The third-order valence-corrected chi connectivity index (χ3v) is 6.22. The second kappa shape index (κ2) is 9.07. The van der Waals surface area contributed by atoms with Crippen molar-refractivity contribution in [3.63, 3.8) is 0 Å². The van der Waals surface area contributed by atoms with Crippen molar-refractivity contribution in [2.75, 3.05) is 25.5 Å². The maximum atomic E-state index is 11.7. The zero-order valence-electron chi connectivity index (χ0n) is 16.0. The molecule has 8 heteroatoms. The van der Waals surface area contributed by atoms with Gasteiger partial charge < -0.3 is 15.0 Å². The van der Waals surface area contributed by atoms with Gasteiger partial charge in [0.05, 0.1) is 21.3 Å². The zero-order chi connectivity index (χ0) is 20.1. The number of aldehydes is 1. The van der Waals surface area contributed by atoms with Crippen LogP contribution in [0.5, 0.6) is 0 Å². The predicted octanol–water partition coefficient (Wildman–Crippen LogP) is 3.88. The number of aryl methyl sites for hydroxylation is 2. The van der Waals surface area contributed by atoms with Crippen molar-refractivity contribution in [1.82, 2.24) is 14.9 Å². The van der Waals surface area contributed by atoms with E-state index in [0.717, 1.165) is 27.8 Å². The van der Waals surface area contributed by atoms with E-state index in [1.165, 1.54) is 4.88 Å². The van der Waals surface area contributed by atoms with Crippen molar-refractivity contribution in [3.05, 3.63) is 52.0 Å². The van der Waals surface area contributed by atoms with Crippen LogP contribution in [0.1, 0.15) is 21.1 Å². The first kappa shape index (κ1) is 20.2. The van der Waals surface area contributed by atoms with Crippen molar-refractivity contribution in [1.29, 1.82) is 0 Å². The molecule has 0 aliphatic carbocycles. The van der Waals surface area contributed by atoms with Crippen molar-refractivity contribution in [2.45, 2.75) is 13.8 Å². The van der Waals surface area contributed by atoms with Crippen LogP contribution < -0.4 is 5.32 Å². The number of carbonyl (C=O) groups is 2. The normalized spacial score (nSPS) is 13.3. The number of likely N-dealkylation sites (tertiary alicyclic amines) is 1. The molecule has 1 amide bonds. The molecule has 2 aromatic heterocycles. The number of hydrogen-bond donors (Lipinski definition) is 1. The highest BCUT2D eigenvalue weighted by Crippen LogP contribution is 2.31. The number of carbonyl (C=O) groups excluding carboxylic acids is 2. The lowest BCUT2D eigenvalue weighted by Crippen LogP contribution is -2.50. The van der Waals surface area contributed by atoms with Gasteiger partial charge in [0.1, 0.15) is 6.29 Å². The monoisotopic (exact) mass is 414 g/mol. The summed E-state index contributed by atoms with van der Waals surface area (Å²) in [6, 6.07) is 9.13. The molecule has 1 saturated heterocycles. The molecular formula is C20H22N4O2S2. The van der Waals surface area contributed by atoms with E-state index in [9.17, 15) is 9.59 Å². The highest BCUT2D eigenvalue weighted by molar-refractivity contribution is 7.16. The van der Waals surface area contributed by atoms with E-state index < -0.39 is 0 Å². The topological polar surface area (TPSA) is 75.2 Å². The minimum atomic E-state index is 0.0173. The number of amides is 1. The Morgan fingerprint density at radius 2 is 1.93 bits per heavy atom. The molecule has 3 heterocycles. The van der Waals surface area contributed by atoms with Gasteiger partial charge in [0.2, 0.25) is 0 Å². The summed E-state index contributed by atoms with van der Waals surface area (Å²) in [6.45, 7) is 5.18. The molecule has 0 radical (unpaired) electrons. The maximum absolute atomic E-state index is 11.7. The molecule has 1 aromatic carbocycles. The number of hydrogen-bond acceptors (Lipinski definition) is 7. The molecule has 0 saturated carbocycles. The Bertz CT molecular complexity index is 946. The average Bonchev–Trinajstić information content (AvgIpc) is 3.27. The first-order valence-electron chi connectivity index (χ1n) is 8.89. The van der Waals surface area contributed by atoms with Crippen molar-refractivity contribution in [2.24, 2.45) is 5.92 Å². The number of rotatable bonds is 4. The average molecular weight is 415 g/mol. The molecule has 0 atom stereocenters. The van der Waals surface area contributed by atoms with Gasteiger partial charge in [-0.1, -0.05) is 18.2 Å². The summed E-state index contributed by atoms with van der Waals surface area (Å²) in [4.78, 5) is 33.8. The van der Waals surface area contributed by atoms with Crippen molar-refractivity contribution >= 4 is 40.0 Å². The molecule has 4 rings (SSSR count). The van der Waals surface area contributed by atoms with Gasteiger partial charge >= 0.3 is 0 Å². The molecule has 3 aromatic rings. The largest absolute Gasteiger partial charge is 0.365 e. The van der Waals surface area contributed by atoms with E-state index in [1.54, 1.807) is 39.7 Å². The van der Waals surface area contributed by atoms with E-state index >= 15 is 0 Å². The molecule has 146 valence electrons. The first-order valence-corrected chi connectivity index (χ1v) is 10.6. The Kier molecular flexibility index (Phi) is 6.53. The van der Waals surface area contributed by atoms with Crippen LogP contribution in [-0.4, -0.2) is 47.2 Å². The van der Waals surface area contributed by atoms with Gasteiger partial charge in [-0.2, -0.15) is 0 Å². The SMILES string of the molecule is CNc1nc(-c2sc(C)nc2C)cs1.O=CC1CN(C(=O)c2ccccc2)C1. The van der Waals surface area contributed by atoms with Crippen LogP contribution in [0, 0.1) is 19.8 Å².